The second-order valence-corrected chi connectivity index (χ2v) is 5.78. The molecule has 0 unspecified atom stereocenters. The molecule has 1 aromatic carbocycles. The summed E-state index contributed by atoms with van der Waals surface area (Å²) in [5, 5.41) is 8.89. The van der Waals surface area contributed by atoms with Crippen molar-refractivity contribution >= 4 is 12.0 Å². The summed E-state index contributed by atoms with van der Waals surface area (Å²) >= 11 is 0. The Balaban J connectivity index is 2.97. The highest BCUT2D eigenvalue weighted by Crippen LogP contribution is 2.22. The van der Waals surface area contributed by atoms with Gasteiger partial charge in [0.1, 0.15) is 0 Å². The minimum absolute atomic E-state index is 0.0648. The van der Waals surface area contributed by atoms with Gasteiger partial charge in [-0.3, -0.25) is 0 Å². The molecule has 108 valence electrons. The number of rotatable bonds is 4. The van der Waals surface area contributed by atoms with Crippen LogP contribution in [-0.4, -0.2) is 18.2 Å². The van der Waals surface area contributed by atoms with Crippen molar-refractivity contribution in [3.05, 3.63) is 52.8 Å². The predicted molar refractivity (Wildman–Crippen MR) is 81.5 cm³/mol. The Morgan fingerprint density at radius 1 is 1.20 bits per heavy atom. The molecular weight excluding hydrogens is 252 g/mol. The van der Waals surface area contributed by atoms with Crippen molar-refractivity contribution in [2.75, 3.05) is 7.11 Å². The maximum absolute atomic E-state index is 10.9. The number of carboxylic acids is 1. The third-order valence-corrected chi connectivity index (χ3v) is 2.96. The number of allylic oxidation sites excluding steroid dienone is 2. The van der Waals surface area contributed by atoms with E-state index in [4.69, 9.17) is 9.84 Å². The normalized spacial score (nSPS) is 13.2. The first-order chi connectivity index (χ1) is 9.24. The Hall–Kier alpha value is -2.03. The zero-order valence-corrected chi connectivity index (χ0v) is 12.7. The van der Waals surface area contributed by atoms with E-state index in [1.165, 1.54) is 18.7 Å². The Bertz CT molecular complexity index is 528. The smallest absolute Gasteiger partial charge is 0.371 e. The number of ether oxygens (including phenoxy) is 1. The van der Waals surface area contributed by atoms with Crippen molar-refractivity contribution in [3.63, 3.8) is 0 Å². The summed E-state index contributed by atoms with van der Waals surface area (Å²) in [4.78, 5) is 10.9. The molecule has 1 rings (SSSR count). The van der Waals surface area contributed by atoms with Gasteiger partial charge in [-0.1, -0.05) is 51.1 Å². The van der Waals surface area contributed by atoms with Crippen LogP contribution >= 0.6 is 0 Å². The molecule has 0 spiro atoms. The van der Waals surface area contributed by atoms with Gasteiger partial charge in [-0.15, -0.1) is 0 Å². The summed E-state index contributed by atoms with van der Waals surface area (Å²) in [7, 11) is 1.35. The zero-order valence-electron chi connectivity index (χ0n) is 12.7. The first kappa shape index (κ1) is 16.0. The van der Waals surface area contributed by atoms with Crippen molar-refractivity contribution in [2.24, 2.45) is 0 Å². The molecule has 0 aliphatic heterocycles. The van der Waals surface area contributed by atoms with E-state index in [-0.39, 0.29) is 11.2 Å². The summed E-state index contributed by atoms with van der Waals surface area (Å²) in [5.74, 6) is -1.13. The SMILES string of the molecule is CO/C(=C/C(C)=C/c1ccc(C(C)(C)C)cc1)C(=O)O. The van der Waals surface area contributed by atoms with Crippen LogP contribution in [0.5, 0.6) is 0 Å². The van der Waals surface area contributed by atoms with E-state index >= 15 is 0 Å². The summed E-state index contributed by atoms with van der Waals surface area (Å²) in [6.45, 7) is 8.36. The Morgan fingerprint density at radius 2 is 1.75 bits per heavy atom. The number of carboxylic acid groups (broad SMARTS) is 1. The van der Waals surface area contributed by atoms with E-state index in [1.54, 1.807) is 0 Å². The molecule has 1 aromatic rings. The zero-order chi connectivity index (χ0) is 15.3. The number of methoxy groups -OCH3 is 1. The highest BCUT2D eigenvalue weighted by atomic mass is 16.5. The maximum atomic E-state index is 10.9. The monoisotopic (exact) mass is 274 g/mol. The van der Waals surface area contributed by atoms with E-state index in [2.05, 4.69) is 32.9 Å². The van der Waals surface area contributed by atoms with Gasteiger partial charge in [0.25, 0.3) is 0 Å². The van der Waals surface area contributed by atoms with Gasteiger partial charge in [0.05, 0.1) is 7.11 Å². The molecule has 0 aliphatic carbocycles. The van der Waals surface area contributed by atoms with Crippen molar-refractivity contribution < 1.29 is 14.6 Å². The van der Waals surface area contributed by atoms with Crippen LogP contribution in [0.4, 0.5) is 0 Å². The van der Waals surface area contributed by atoms with Crippen LogP contribution in [0.3, 0.4) is 0 Å². The number of hydrogen-bond donors (Lipinski definition) is 1. The van der Waals surface area contributed by atoms with Gasteiger partial charge >= 0.3 is 5.97 Å². The molecule has 20 heavy (non-hydrogen) atoms. The van der Waals surface area contributed by atoms with Gasteiger partial charge < -0.3 is 9.84 Å². The molecule has 0 heterocycles. The molecule has 0 fully saturated rings. The standard InChI is InChI=1S/C17H22O3/c1-12(11-15(20-5)16(18)19)10-13-6-8-14(9-7-13)17(2,3)4/h6-11H,1-5H3,(H,18,19)/b12-10+,15-11+. The van der Waals surface area contributed by atoms with Crippen LogP contribution in [0.25, 0.3) is 6.08 Å². The maximum Gasteiger partial charge on any atom is 0.371 e. The van der Waals surface area contributed by atoms with Gasteiger partial charge in [-0.2, -0.15) is 0 Å². The molecule has 0 bridgehead atoms. The van der Waals surface area contributed by atoms with E-state index in [0.29, 0.717) is 0 Å². The van der Waals surface area contributed by atoms with Crippen molar-refractivity contribution in [1.82, 2.24) is 0 Å². The average molecular weight is 274 g/mol. The summed E-state index contributed by atoms with van der Waals surface area (Å²) < 4.78 is 4.80. The summed E-state index contributed by atoms with van der Waals surface area (Å²) in [6.07, 6.45) is 3.44. The van der Waals surface area contributed by atoms with Crippen LogP contribution in [0.1, 0.15) is 38.8 Å². The summed E-state index contributed by atoms with van der Waals surface area (Å²) in [6, 6.07) is 8.25. The molecule has 0 aliphatic rings. The van der Waals surface area contributed by atoms with E-state index < -0.39 is 5.97 Å². The largest absolute Gasteiger partial charge is 0.490 e. The second-order valence-electron chi connectivity index (χ2n) is 5.78. The predicted octanol–water partition coefficient (Wildman–Crippen LogP) is 4.00. The quantitative estimate of drug-likeness (QED) is 0.513. The number of carbonyl (C=O) groups is 1. The lowest BCUT2D eigenvalue weighted by Crippen LogP contribution is -2.10. The first-order valence-electron chi connectivity index (χ1n) is 6.52. The lowest BCUT2D eigenvalue weighted by Gasteiger charge is -2.18. The van der Waals surface area contributed by atoms with Gasteiger partial charge in [-0.25, -0.2) is 4.79 Å². The fourth-order valence-corrected chi connectivity index (χ4v) is 1.80. The molecule has 0 amide bonds. The number of benzene rings is 1. The molecule has 0 saturated carbocycles. The molecule has 3 nitrogen and oxygen atoms in total. The van der Waals surface area contributed by atoms with Crippen molar-refractivity contribution in [3.8, 4) is 0 Å². The highest BCUT2D eigenvalue weighted by Gasteiger charge is 2.12. The van der Waals surface area contributed by atoms with Crippen LogP contribution in [-0.2, 0) is 14.9 Å². The van der Waals surface area contributed by atoms with Crippen LogP contribution in [0, 0.1) is 0 Å². The fourth-order valence-electron chi connectivity index (χ4n) is 1.80. The summed E-state index contributed by atoms with van der Waals surface area (Å²) in [5.41, 5.74) is 3.26. The topological polar surface area (TPSA) is 46.5 Å². The molecule has 1 N–H and O–H groups in total. The third kappa shape index (κ3) is 4.57. The Morgan fingerprint density at radius 3 is 2.15 bits per heavy atom. The van der Waals surface area contributed by atoms with Gasteiger partial charge in [0.15, 0.2) is 0 Å². The van der Waals surface area contributed by atoms with Gasteiger partial charge in [0.2, 0.25) is 5.76 Å². The third-order valence-electron chi connectivity index (χ3n) is 2.96. The Kier molecular flexibility index (Phi) is 5.14. The van der Waals surface area contributed by atoms with Crippen molar-refractivity contribution in [1.29, 1.82) is 0 Å². The highest BCUT2D eigenvalue weighted by molar-refractivity contribution is 5.85. The van der Waals surface area contributed by atoms with Crippen LogP contribution < -0.4 is 0 Å². The minimum atomic E-state index is -1.07. The van der Waals surface area contributed by atoms with Gasteiger partial charge in [-0.05, 0) is 35.1 Å². The first-order valence-corrected chi connectivity index (χ1v) is 6.52. The second kappa shape index (κ2) is 6.42. The minimum Gasteiger partial charge on any atom is -0.490 e. The molecule has 0 aromatic heterocycles. The molecular formula is C17H22O3. The van der Waals surface area contributed by atoms with Gasteiger partial charge in [0, 0.05) is 0 Å². The van der Waals surface area contributed by atoms with E-state index in [0.717, 1.165) is 11.1 Å². The van der Waals surface area contributed by atoms with Crippen molar-refractivity contribution in [2.45, 2.75) is 33.1 Å². The van der Waals surface area contributed by atoms with Crippen LogP contribution in [0.15, 0.2) is 41.7 Å². The number of hydrogen-bond acceptors (Lipinski definition) is 2. The molecule has 0 radical (unpaired) electrons. The molecule has 3 heteroatoms. The van der Waals surface area contributed by atoms with Crippen LogP contribution in [0.2, 0.25) is 0 Å². The van der Waals surface area contributed by atoms with E-state index in [9.17, 15) is 4.79 Å². The molecule has 0 saturated heterocycles. The van der Waals surface area contributed by atoms with E-state index in [1.807, 2.05) is 25.1 Å². The molecule has 0 atom stereocenters. The Labute approximate surface area is 120 Å². The lowest BCUT2D eigenvalue weighted by molar-refractivity contribution is -0.136. The fraction of sp³-hybridized carbons (Fsp3) is 0.353. The average Bonchev–Trinajstić information content (AvgIpc) is 2.35. The lowest BCUT2D eigenvalue weighted by atomic mass is 9.86. The number of aliphatic carboxylic acids is 1.